The number of hydrogen-bond donors (Lipinski definition) is 0. The summed E-state index contributed by atoms with van der Waals surface area (Å²) in [6.45, 7) is 0. The highest BCUT2D eigenvalue weighted by Crippen LogP contribution is 2.33. The molecule has 0 bridgehead atoms. The van der Waals surface area contributed by atoms with E-state index in [1.165, 1.54) is 0 Å². The third-order valence-electron chi connectivity index (χ3n) is 1.75. The maximum atomic E-state index is 13.0. The molecular formula is C9H4ClFOS. The molecule has 0 aliphatic carbocycles. The Morgan fingerprint density at radius 1 is 1.46 bits per heavy atom. The zero-order valence-electron chi connectivity index (χ0n) is 6.38. The second kappa shape index (κ2) is 3.09. The van der Waals surface area contributed by atoms with Gasteiger partial charge in [-0.3, -0.25) is 4.79 Å². The molecule has 0 atom stereocenters. The van der Waals surface area contributed by atoms with Crippen LogP contribution < -0.4 is 0 Å². The van der Waals surface area contributed by atoms with Gasteiger partial charge >= 0.3 is 0 Å². The Morgan fingerprint density at radius 3 is 2.92 bits per heavy atom. The SMILES string of the molecule is O=Cc1ccc2c(Cl)c(F)sc2c1. The first-order valence-corrected chi connectivity index (χ1v) is 4.74. The second-order valence-electron chi connectivity index (χ2n) is 2.56. The molecule has 13 heavy (non-hydrogen) atoms. The van der Waals surface area contributed by atoms with Crippen LogP contribution in [0.25, 0.3) is 10.1 Å². The van der Waals surface area contributed by atoms with Gasteiger partial charge in [-0.05, 0) is 6.07 Å². The number of carbonyl (C=O) groups excluding carboxylic acids is 1. The molecule has 0 saturated carbocycles. The van der Waals surface area contributed by atoms with Crippen LogP contribution in [0.2, 0.25) is 5.02 Å². The summed E-state index contributed by atoms with van der Waals surface area (Å²) >= 11 is 6.63. The van der Waals surface area contributed by atoms with Gasteiger partial charge in [0.2, 0.25) is 0 Å². The minimum absolute atomic E-state index is 0.137. The van der Waals surface area contributed by atoms with E-state index in [1.54, 1.807) is 18.2 Å². The molecule has 1 heterocycles. The van der Waals surface area contributed by atoms with Crippen molar-refractivity contribution in [2.45, 2.75) is 0 Å². The van der Waals surface area contributed by atoms with Crippen molar-refractivity contribution in [3.8, 4) is 0 Å². The molecule has 0 spiro atoms. The summed E-state index contributed by atoms with van der Waals surface area (Å²) in [6.07, 6.45) is 0.727. The minimum atomic E-state index is -0.403. The molecular weight excluding hydrogens is 211 g/mol. The highest BCUT2D eigenvalue weighted by Gasteiger charge is 2.09. The lowest BCUT2D eigenvalue weighted by Gasteiger charge is -1.90. The molecule has 0 fully saturated rings. The molecule has 0 saturated heterocycles. The van der Waals surface area contributed by atoms with E-state index in [2.05, 4.69) is 0 Å². The Morgan fingerprint density at radius 2 is 2.23 bits per heavy atom. The van der Waals surface area contributed by atoms with Crippen molar-refractivity contribution in [2.75, 3.05) is 0 Å². The molecule has 0 unspecified atom stereocenters. The van der Waals surface area contributed by atoms with E-state index in [9.17, 15) is 9.18 Å². The van der Waals surface area contributed by atoms with Crippen molar-refractivity contribution >= 4 is 39.3 Å². The third-order valence-corrected chi connectivity index (χ3v) is 3.17. The summed E-state index contributed by atoms with van der Waals surface area (Å²) in [5, 5.41) is 0.395. The lowest BCUT2D eigenvalue weighted by Crippen LogP contribution is -1.75. The van der Waals surface area contributed by atoms with Crippen LogP contribution in [0.4, 0.5) is 4.39 Å². The number of carbonyl (C=O) groups is 1. The number of fused-ring (bicyclic) bond motifs is 1. The first-order valence-electron chi connectivity index (χ1n) is 3.55. The highest BCUT2D eigenvalue weighted by molar-refractivity contribution is 7.18. The zero-order valence-corrected chi connectivity index (χ0v) is 7.95. The Balaban J connectivity index is 2.79. The summed E-state index contributed by atoms with van der Waals surface area (Å²) in [5.74, 6) is 0. The van der Waals surface area contributed by atoms with Crippen LogP contribution in [0.15, 0.2) is 18.2 Å². The van der Waals surface area contributed by atoms with Crippen LogP contribution in [-0.4, -0.2) is 6.29 Å². The van der Waals surface area contributed by atoms with Gasteiger partial charge < -0.3 is 0 Å². The van der Waals surface area contributed by atoms with Gasteiger partial charge in [-0.1, -0.05) is 23.7 Å². The Labute approximate surface area is 82.7 Å². The molecule has 1 aromatic carbocycles. The number of hydrogen-bond acceptors (Lipinski definition) is 2. The number of benzene rings is 1. The molecule has 4 heteroatoms. The number of halogens is 2. The lowest BCUT2D eigenvalue weighted by molar-refractivity contribution is 0.112. The topological polar surface area (TPSA) is 17.1 Å². The van der Waals surface area contributed by atoms with Crippen LogP contribution in [0, 0.1) is 5.13 Å². The van der Waals surface area contributed by atoms with Crippen molar-refractivity contribution in [2.24, 2.45) is 0 Å². The number of rotatable bonds is 1. The van der Waals surface area contributed by atoms with Crippen LogP contribution >= 0.6 is 22.9 Å². The third kappa shape index (κ3) is 1.34. The molecule has 0 aliphatic heterocycles. The Kier molecular flexibility index (Phi) is 2.06. The molecule has 0 N–H and O–H groups in total. The van der Waals surface area contributed by atoms with Gasteiger partial charge in [0.25, 0.3) is 0 Å². The van der Waals surface area contributed by atoms with Gasteiger partial charge in [0.15, 0.2) is 5.13 Å². The average molecular weight is 215 g/mol. The molecule has 2 aromatic rings. The lowest BCUT2D eigenvalue weighted by atomic mass is 10.2. The maximum absolute atomic E-state index is 13.0. The van der Waals surface area contributed by atoms with Crippen LogP contribution in [-0.2, 0) is 0 Å². The van der Waals surface area contributed by atoms with Crippen molar-refractivity contribution in [1.82, 2.24) is 0 Å². The second-order valence-corrected chi connectivity index (χ2v) is 3.94. The van der Waals surface area contributed by atoms with Gasteiger partial charge in [0, 0.05) is 15.6 Å². The van der Waals surface area contributed by atoms with Crippen LogP contribution in [0.3, 0.4) is 0 Å². The summed E-state index contributed by atoms with van der Waals surface area (Å²) < 4.78 is 13.7. The van der Waals surface area contributed by atoms with E-state index in [0.29, 0.717) is 15.6 Å². The van der Waals surface area contributed by atoms with E-state index in [0.717, 1.165) is 17.6 Å². The Hall–Kier alpha value is -0.930. The quantitative estimate of drug-likeness (QED) is 0.664. The molecule has 1 aromatic heterocycles. The predicted molar refractivity (Wildman–Crippen MR) is 52.2 cm³/mol. The van der Waals surface area contributed by atoms with Gasteiger partial charge in [0.05, 0.1) is 5.02 Å². The van der Waals surface area contributed by atoms with Gasteiger partial charge in [-0.2, -0.15) is 4.39 Å². The molecule has 0 amide bonds. The fraction of sp³-hybridized carbons (Fsp3) is 0. The fourth-order valence-electron chi connectivity index (χ4n) is 1.13. The van der Waals surface area contributed by atoms with Crippen molar-refractivity contribution in [3.63, 3.8) is 0 Å². The normalized spacial score (nSPS) is 10.6. The summed E-state index contributed by atoms with van der Waals surface area (Å²) in [6, 6.07) is 4.90. The standard InChI is InChI=1S/C9H4ClFOS/c10-8-6-2-1-5(4-12)3-7(6)13-9(8)11/h1-4H. The summed E-state index contributed by atoms with van der Waals surface area (Å²) in [4.78, 5) is 10.4. The van der Waals surface area contributed by atoms with E-state index >= 15 is 0 Å². The molecule has 2 rings (SSSR count). The van der Waals surface area contributed by atoms with Gasteiger partial charge in [-0.15, -0.1) is 11.3 Å². The predicted octanol–water partition coefficient (Wildman–Crippen LogP) is 3.51. The van der Waals surface area contributed by atoms with E-state index in [-0.39, 0.29) is 5.02 Å². The van der Waals surface area contributed by atoms with Crippen molar-refractivity contribution in [3.05, 3.63) is 33.9 Å². The molecule has 1 nitrogen and oxygen atoms in total. The summed E-state index contributed by atoms with van der Waals surface area (Å²) in [7, 11) is 0. The maximum Gasteiger partial charge on any atom is 0.196 e. The van der Waals surface area contributed by atoms with Crippen molar-refractivity contribution in [1.29, 1.82) is 0 Å². The van der Waals surface area contributed by atoms with E-state index < -0.39 is 5.13 Å². The van der Waals surface area contributed by atoms with Crippen LogP contribution in [0.5, 0.6) is 0 Å². The average Bonchev–Trinajstić information content (AvgIpc) is 2.42. The molecule has 66 valence electrons. The summed E-state index contributed by atoms with van der Waals surface area (Å²) in [5.41, 5.74) is 0.533. The largest absolute Gasteiger partial charge is 0.298 e. The Bertz CT molecular complexity index is 478. The van der Waals surface area contributed by atoms with Gasteiger partial charge in [-0.25, -0.2) is 0 Å². The van der Waals surface area contributed by atoms with Gasteiger partial charge in [0.1, 0.15) is 6.29 Å². The molecule has 0 radical (unpaired) electrons. The minimum Gasteiger partial charge on any atom is -0.298 e. The van der Waals surface area contributed by atoms with E-state index in [1.807, 2.05) is 0 Å². The first-order chi connectivity index (χ1) is 6.22. The number of aldehydes is 1. The van der Waals surface area contributed by atoms with Crippen molar-refractivity contribution < 1.29 is 9.18 Å². The fourth-order valence-corrected chi connectivity index (χ4v) is 2.33. The first kappa shape index (κ1) is 8.66. The highest BCUT2D eigenvalue weighted by atomic mass is 35.5. The van der Waals surface area contributed by atoms with Crippen LogP contribution in [0.1, 0.15) is 10.4 Å². The monoisotopic (exact) mass is 214 g/mol. The van der Waals surface area contributed by atoms with E-state index in [4.69, 9.17) is 11.6 Å². The smallest absolute Gasteiger partial charge is 0.196 e. The number of thiophene rings is 1. The molecule has 0 aliphatic rings. The zero-order chi connectivity index (χ0) is 9.42.